The number of aliphatic carboxylic acids is 1. The third-order valence-corrected chi connectivity index (χ3v) is 2.00. The van der Waals surface area contributed by atoms with Crippen molar-refractivity contribution in [1.82, 2.24) is 9.94 Å². The van der Waals surface area contributed by atoms with Crippen molar-refractivity contribution in [3.63, 3.8) is 0 Å². The molecule has 6 nitrogen and oxygen atoms in total. The molecule has 14 heavy (non-hydrogen) atoms. The molecule has 0 aliphatic rings. The molecule has 0 bridgehead atoms. The van der Waals surface area contributed by atoms with Crippen LogP contribution in [-0.2, 0) is 4.79 Å². The molecule has 6 heteroatoms. The molecule has 0 saturated carbocycles. The van der Waals surface area contributed by atoms with E-state index in [1.165, 1.54) is 6.20 Å². The zero-order valence-corrected chi connectivity index (χ0v) is 8.01. The summed E-state index contributed by atoms with van der Waals surface area (Å²) in [6, 6.07) is -1.25. The van der Waals surface area contributed by atoms with Gasteiger partial charge in [0.1, 0.15) is 11.7 Å². The van der Waals surface area contributed by atoms with Crippen LogP contribution in [0.4, 0.5) is 0 Å². The average molecular weight is 199 g/mol. The summed E-state index contributed by atoms with van der Waals surface area (Å²) in [7, 11) is 0. The van der Waals surface area contributed by atoms with Crippen molar-refractivity contribution in [3.05, 3.63) is 17.5 Å². The summed E-state index contributed by atoms with van der Waals surface area (Å²) in [6.07, 6.45) is 1.42. The van der Waals surface area contributed by atoms with Crippen LogP contribution in [0.15, 0.2) is 6.20 Å². The molecule has 0 saturated heterocycles. The number of carboxylic acid groups (broad SMARTS) is 1. The molecule has 1 rings (SSSR count). The van der Waals surface area contributed by atoms with E-state index in [2.05, 4.69) is 5.10 Å². The van der Waals surface area contributed by atoms with Crippen molar-refractivity contribution in [2.75, 3.05) is 0 Å². The number of hydrogen-bond acceptors (Lipinski definition) is 4. The van der Waals surface area contributed by atoms with E-state index in [9.17, 15) is 10.0 Å². The van der Waals surface area contributed by atoms with Gasteiger partial charge in [0.2, 0.25) is 0 Å². The van der Waals surface area contributed by atoms with E-state index >= 15 is 0 Å². The summed E-state index contributed by atoms with van der Waals surface area (Å²) in [6.45, 7) is 3.74. The maximum atomic E-state index is 10.6. The van der Waals surface area contributed by atoms with Gasteiger partial charge in [0.25, 0.3) is 0 Å². The minimum atomic E-state index is -1.25. The molecule has 0 spiro atoms. The first-order valence-electron chi connectivity index (χ1n) is 4.20. The lowest BCUT2D eigenvalue weighted by atomic mass is 10.0. The lowest BCUT2D eigenvalue weighted by Crippen LogP contribution is -2.25. The standard InChI is InChI=1S/C8H13N3O3/c1-4(2)5-3-10-11(14)7(5)6(9)8(12)13/h3-4,6,14H,9H2,1-2H3,(H,12,13)/t6-/m1/s1. The molecular formula is C8H13N3O3. The highest BCUT2D eigenvalue weighted by Crippen LogP contribution is 2.22. The third-order valence-electron chi connectivity index (χ3n) is 2.00. The van der Waals surface area contributed by atoms with Crippen LogP contribution in [0.2, 0.25) is 0 Å². The van der Waals surface area contributed by atoms with Gasteiger partial charge in [-0.1, -0.05) is 13.8 Å². The normalized spacial score (nSPS) is 13.1. The second-order valence-electron chi connectivity index (χ2n) is 3.35. The van der Waals surface area contributed by atoms with E-state index in [-0.39, 0.29) is 11.6 Å². The van der Waals surface area contributed by atoms with Crippen LogP contribution >= 0.6 is 0 Å². The van der Waals surface area contributed by atoms with E-state index in [0.717, 1.165) is 0 Å². The van der Waals surface area contributed by atoms with E-state index < -0.39 is 12.0 Å². The van der Waals surface area contributed by atoms with Crippen LogP contribution in [0.25, 0.3) is 0 Å². The first-order chi connectivity index (χ1) is 6.45. The highest BCUT2D eigenvalue weighted by atomic mass is 16.5. The fourth-order valence-corrected chi connectivity index (χ4v) is 1.23. The number of nitrogens with two attached hydrogens (primary N) is 1. The van der Waals surface area contributed by atoms with Gasteiger partial charge in [0.05, 0.1) is 6.20 Å². The molecular weight excluding hydrogens is 186 g/mol. The van der Waals surface area contributed by atoms with Gasteiger partial charge in [-0.05, 0) is 5.92 Å². The molecule has 0 fully saturated rings. The topological polar surface area (TPSA) is 101 Å². The Morgan fingerprint density at radius 1 is 1.64 bits per heavy atom. The van der Waals surface area contributed by atoms with Gasteiger partial charge < -0.3 is 16.0 Å². The van der Waals surface area contributed by atoms with Gasteiger partial charge in [-0.2, -0.15) is 0 Å². The van der Waals surface area contributed by atoms with Crippen molar-refractivity contribution in [1.29, 1.82) is 0 Å². The summed E-state index contributed by atoms with van der Waals surface area (Å²) in [4.78, 5) is 11.2. The molecule has 1 aromatic heterocycles. The fraction of sp³-hybridized carbons (Fsp3) is 0.500. The smallest absolute Gasteiger partial charge is 0.326 e. The maximum absolute atomic E-state index is 10.6. The predicted molar refractivity (Wildman–Crippen MR) is 48.1 cm³/mol. The number of carbonyl (C=O) groups is 1. The van der Waals surface area contributed by atoms with Gasteiger partial charge in [0.15, 0.2) is 0 Å². The first kappa shape index (κ1) is 10.5. The Balaban J connectivity index is 3.17. The van der Waals surface area contributed by atoms with Crippen LogP contribution in [0.3, 0.4) is 0 Å². The number of aromatic nitrogens is 2. The Hall–Kier alpha value is -1.56. The molecule has 0 radical (unpaired) electrons. The molecule has 0 unspecified atom stereocenters. The van der Waals surface area contributed by atoms with E-state index in [1.54, 1.807) is 0 Å². The summed E-state index contributed by atoms with van der Waals surface area (Å²) in [5.41, 5.74) is 6.17. The van der Waals surface area contributed by atoms with Crippen LogP contribution in [-0.4, -0.2) is 26.2 Å². The number of nitrogens with zero attached hydrogens (tertiary/aromatic N) is 2. The SMILES string of the molecule is CC(C)c1cnn(O)c1[C@@H](N)C(=O)O. The summed E-state index contributed by atoms with van der Waals surface area (Å²) in [5.74, 6) is -1.13. The second kappa shape index (κ2) is 3.67. The van der Waals surface area contributed by atoms with Crippen molar-refractivity contribution >= 4 is 5.97 Å². The molecule has 4 N–H and O–H groups in total. The molecule has 1 atom stereocenters. The van der Waals surface area contributed by atoms with E-state index in [4.69, 9.17) is 10.8 Å². The van der Waals surface area contributed by atoms with Crippen LogP contribution < -0.4 is 5.73 Å². The quantitative estimate of drug-likeness (QED) is 0.609. The highest BCUT2D eigenvalue weighted by Gasteiger charge is 2.24. The monoisotopic (exact) mass is 199 g/mol. The van der Waals surface area contributed by atoms with Crippen molar-refractivity contribution in [3.8, 4) is 0 Å². The van der Waals surface area contributed by atoms with E-state index in [1.807, 2.05) is 13.8 Å². The van der Waals surface area contributed by atoms with Gasteiger partial charge >= 0.3 is 5.97 Å². The van der Waals surface area contributed by atoms with Gasteiger partial charge in [-0.25, -0.2) is 0 Å². The first-order valence-corrected chi connectivity index (χ1v) is 4.20. The maximum Gasteiger partial charge on any atom is 0.326 e. The average Bonchev–Trinajstić information content (AvgIpc) is 2.45. The second-order valence-corrected chi connectivity index (χ2v) is 3.35. The van der Waals surface area contributed by atoms with Gasteiger partial charge in [-0.15, -0.1) is 9.94 Å². The highest BCUT2D eigenvalue weighted by molar-refractivity contribution is 5.75. The summed E-state index contributed by atoms with van der Waals surface area (Å²) >= 11 is 0. The Kier molecular flexibility index (Phi) is 2.76. The predicted octanol–water partition coefficient (Wildman–Crippen LogP) is 0.328. The molecule has 1 heterocycles. The molecule has 78 valence electrons. The molecule has 0 aliphatic heterocycles. The molecule has 0 amide bonds. The fourth-order valence-electron chi connectivity index (χ4n) is 1.23. The third kappa shape index (κ3) is 1.69. The van der Waals surface area contributed by atoms with E-state index in [0.29, 0.717) is 10.4 Å². The van der Waals surface area contributed by atoms with Gasteiger partial charge in [-0.3, -0.25) is 4.79 Å². The largest absolute Gasteiger partial charge is 0.480 e. The van der Waals surface area contributed by atoms with Gasteiger partial charge in [0, 0.05) is 5.56 Å². The number of rotatable bonds is 3. The van der Waals surface area contributed by atoms with Crippen LogP contribution in [0.5, 0.6) is 0 Å². The summed E-state index contributed by atoms with van der Waals surface area (Å²) in [5, 5.41) is 21.5. The van der Waals surface area contributed by atoms with Crippen molar-refractivity contribution in [2.45, 2.75) is 25.8 Å². The minimum Gasteiger partial charge on any atom is -0.480 e. The molecule has 0 aromatic carbocycles. The summed E-state index contributed by atoms with van der Waals surface area (Å²) < 4.78 is 0. The van der Waals surface area contributed by atoms with Crippen molar-refractivity contribution in [2.24, 2.45) is 5.73 Å². The number of carboxylic acids is 1. The van der Waals surface area contributed by atoms with Crippen LogP contribution in [0, 0.1) is 0 Å². The zero-order valence-electron chi connectivity index (χ0n) is 8.01. The Morgan fingerprint density at radius 3 is 2.64 bits per heavy atom. The Morgan fingerprint density at radius 2 is 2.21 bits per heavy atom. The zero-order chi connectivity index (χ0) is 10.9. The lowest BCUT2D eigenvalue weighted by molar-refractivity contribution is -0.139. The minimum absolute atomic E-state index is 0.0660. The number of hydrogen-bond donors (Lipinski definition) is 3. The lowest BCUT2D eigenvalue weighted by Gasteiger charge is -2.10. The molecule has 1 aromatic rings. The Bertz CT molecular complexity index is 346. The van der Waals surface area contributed by atoms with Crippen LogP contribution in [0.1, 0.15) is 37.1 Å². The Labute approximate surface area is 80.9 Å². The molecule has 0 aliphatic carbocycles. The van der Waals surface area contributed by atoms with Crippen molar-refractivity contribution < 1.29 is 15.1 Å².